The quantitative estimate of drug-likeness (QED) is 0.611. The minimum absolute atomic E-state index is 0.371. The van der Waals surface area contributed by atoms with E-state index in [9.17, 15) is 22.8 Å². The van der Waals surface area contributed by atoms with Gasteiger partial charge in [0.25, 0.3) is 5.56 Å². The molecule has 0 spiro atoms. The second-order valence-corrected chi connectivity index (χ2v) is 5.42. The van der Waals surface area contributed by atoms with Gasteiger partial charge >= 0.3 is 12.1 Å². The van der Waals surface area contributed by atoms with E-state index in [0.29, 0.717) is 0 Å². The molecule has 0 amide bonds. The van der Waals surface area contributed by atoms with Gasteiger partial charge in [0.1, 0.15) is 17.9 Å². The molecule has 24 heavy (non-hydrogen) atoms. The molecule has 11 heteroatoms. The number of nitrogens with zero attached hydrogens (tertiary/aromatic N) is 2. The average molecular weight is 372 g/mol. The first-order valence-corrected chi connectivity index (χ1v) is 7.21. The largest absolute Gasteiger partial charge is 0.467 e. The van der Waals surface area contributed by atoms with Gasteiger partial charge in [-0.05, 0) is 20.8 Å². The second-order valence-electron chi connectivity index (χ2n) is 5.04. The standard InChI is InChI=1S/C13H17ClF3N3O4/c1-6(2)20-11(22)9(14)10(13(15,16)17)19-12(20)18-7(3)24-5-8(21)23-4/h6-7H,5H2,1-4H3,(H,18,19). The molecule has 1 heterocycles. The highest BCUT2D eigenvalue weighted by Crippen LogP contribution is 2.32. The van der Waals surface area contributed by atoms with Crippen LogP contribution in [0.4, 0.5) is 19.1 Å². The maximum atomic E-state index is 13.0. The van der Waals surface area contributed by atoms with E-state index in [1.54, 1.807) is 13.8 Å². The molecule has 1 atom stereocenters. The number of methoxy groups -OCH3 is 1. The van der Waals surface area contributed by atoms with Gasteiger partial charge in [-0.25, -0.2) is 9.78 Å². The van der Waals surface area contributed by atoms with E-state index in [1.165, 1.54) is 6.92 Å². The monoisotopic (exact) mass is 371 g/mol. The lowest BCUT2D eigenvalue weighted by molar-refractivity contribution is -0.147. The predicted octanol–water partition coefficient (Wildman–Crippen LogP) is 2.44. The molecule has 7 nitrogen and oxygen atoms in total. The van der Waals surface area contributed by atoms with Crippen LogP contribution >= 0.6 is 11.6 Å². The van der Waals surface area contributed by atoms with E-state index in [0.717, 1.165) is 11.7 Å². The van der Waals surface area contributed by atoms with Crippen LogP contribution in [0.2, 0.25) is 5.02 Å². The van der Waals surface area contributed by atoms with Crippen LogP contribution in [-0.2, 0) is 20.4 Å². The van der Waals surface area contributed by atoms with Crippen LogP contribution in [0.1, 0.15) is 32.5 Å². The van der Waals surface area contributed by atoms with Gasteiger partial charge < -0.3 is 14.8 Å². The summed E-state index contributed by atoms with van der Waals surface area (Å²) in [6.07, 6.45) is -5.80. The third kappa shape index (κ3) is 4.84. The van der Waals surface area contributed by atoms with Gasteiger partial charge in [-0.15, -0.1) is 0 Å². The molecule has 1 unspecified atom stereocenters. The first-order chi connectivity index (χ1) is 11.0. The van der Waals surface area contributed by atoms with E-state index >= 15 is 0 Å². The Morgan fingerprint density at radius 1 is 1.38 bits per heavy atom. The number of carbonyl (C=O) groups is 1. The SMILES string of the molecule is COC(=O)COC(C)Nc1nc(C(F)(F)F)c(Cl)c(=O)n1C(C)C. The van der Waals surface area contributed by atoms with Gasteiger partial charge in [0, 0.05) is 6.04 Å². The molecule has 0 bridgehead atoms. The summed E-state index contributed by atoms with van der Waals surface area (Å²) < 4.78 is 49.3. The molecule has 1 rings (SSSR count). The number of hydrogen-bond acceptors (Lipinski definition) is 6. The van der Waals surface area contributed by atoms with Crippen molar-refractivity contribution < 1.29 is 27.4 Å². The van der Waals surface area contributed by atoms with Crippen LogP contribution in [-0.4, -0.2) is 35.5 Å². The van der Waals surface area contributed by atoms with Crippen LogP contribution in [0.3, 0.4) is 0 Å². The van der Waals surface area contributed by atoms with E-state index in [2.05, 4.69) is 15.0 Å². The number of ether oxygens (including phenoxy) is 2. The maximum absolute atomic E-state index is 13.0. The van der Waals surface area contributed by atoms with Crippen molar-refractivity contribution in [1.29, 1.82) is 0 Å². The Morgan fingerprint density at radius 2 is 1.96 bits per heavy atom. The van der Waals surface area contributed by atoms with E-state index in [-0.39, 0.29) is 5.95 Å². The van der Waals surface area contributed by atoms with Crippen molar-refractivity contribution in [3.63, 3.8) is 0 Å². The van der Waals surface area contributed by atoms with Crippen molar-refractivity contribution in [1.82, 2.24) is 9.55 Å². The molecule has 0 aliphatic rings. The van der Waals surface area contributed by atoms with Crippen molar-refractivity contribution >= 4 is 23.5 Å². The van der Waals surface area contributed by atoms with Crippen LogP contribution in [0.15, 0.2) is 4.79 Å². The number of esters is 1. The van der Waals surface area contributed by atoms with Crippen LogP contribution < -0.4 is 10.9 Å². The topological polar surface area (TPSA) is 82.5 Å². The fourth-order valence-electron chi connectivity index (χ4n) is 1.76. The van der Waals surface area contributed by atoms with Crippen LogP contribution in [0, 0.1) is 0 Å². The van der Waals surface area contributed by atoms with Crippen LogP contribution in [0.5, 0.6) is 0 Å². The molecule has 0 saturated carbocycles. The Bertz CT molecular complexity index is 661. The molecule has 1 aromatic heterocycles. The zero-order valence-electron chi connectivity index (χ0n) is 13.4. The molecule has 0 saturated heterocycles. The minimum atomic E-state index is -4.89. The summed E-state index contributed by atoms with van der Waals surface area (Å²) in [6.45, 7) is 4.17. The number of rotatable bonds is 6. The second kappa shape index (κ2) is 7.84. The van der Waals surface area contributed by atoms with Gasteiger partial charge in [0.05, 0.1) is 7.11 Å². The summed E-state index contributed by atoms with van der Waals surface area (Å²) in [5, 5.41) is 1.51. The number of halogens is 4. The molecule has 0 aliphatic carbocycles. The average Bonchev–Trinajstić information content (AvgIpc) is 2.46. The minimum Gasteiger partial charge on any atom is -0.467 e. The molecule has 0 fully saturated rings. The number of hydrogen-bond donors (Lipinski definition) is 1. The molecule has 1 N–H and O–H groups in total. The first kappa shape index (κ1) is 20.2. The molecule has 1 aromatic rings. The zero-order valence-corrected chi connectivity index (χ0v) is 14.2. The highest BCUT2D eigenvalue weighted by molar-refractivity contribution is 6.31. The molecule has 0 aliphatic heterocycles. The summed E-state index contributed by atoms with van der Waals surface area (Å²) in [6, 6.07) is -0.514. The van der Waals surface area contributed by atoms with Crippen LogP contribution in [0.25, 0.3) is 0 Å². The third-order valence-electron chi connectivity index (χ3n) is 2.86. The smallest absolute Gasteiger partial charge is 0.435 e. The highest BCUT2D eigenvalue weighted by atomic mass is 35.5. The van der Waals surface area contributed by atoms with E-state index < -0.39 is 47.3 Å². The molecule has 0 radical (unpaired) electrons. The lowest BCUT2D eigenvalue weighted by Gasteiger charge is -2.22. The Kier molecular flexibility index (Phi) is 6.61. The molecular formula is C13H17ClF3N3O4. The summed E-state index contributed by atoms with van der Waals surface area (Å²) >= 11 is 5.52. The van der Waals surface area contributed by atoms with Gasteiger partial charge in [-0.3, -0.25) is 9.36 Å². The molecule has 0 aromatic carbocycles. The zero-order chi connectivity index (χ0) is 18.7. The summed E-state index contributed by atoms with van der Waals surface area (Å²) in [5.74, 6) is -1.03. The van der Waals surface area contributed by atoms with E-state index in [4.69, 9.17) is 16.3 Å². The van der Waals surface area contributed by atoms with Gasteiger partial charge in [0.15, 0.2) is 5.69 Å². The third-order valence-corrected chi connectivity index (χ3v) is 3.20. The van der Waals surface area contributed by atoms with Crippen molar-refractivity contribution in [3.8, 4) is 0 Å². The van der Waals surface area contributed by atoms with E-state index in [1.807, 2.05) is 0 Å². The Balaban J connectivity index is 3.23. The normalized spacial score (nSPS) is 13.0. The van der Waals surface area contributed by atoms with Gasteiger partial charge in [-0.1, -0.05) is 11.6 Å². The predicted molar refractivity (Wildman–Crippen MR) is 79.9 cm³/mol. The van der Waals surface area contributed by atoms with Crippen molar-refractivity contribution in [2.75, 3.05) is 19.0 Å². The lowest BCUT2D eigenvalue weighted by Crippen LogP contribution is -2.33. The Labute approximate surface area is 140 Å². The van der Waals surface area contributed by atoms with Crippen molar-refractivity contribution in [3.05, 3.63) is 21.1 Å². The highest BCUT2D eigenvalue weighted by Gasteiger charge is 2.38. The summed E-state index contributed by atoms with van der Waals surface area (Å²) in [4.78, 5) is 26.6. The lowest BCUT2D eigenvalue weighted by atomic mass is 10.3. The molecule has 136 valence electrons. The maximum Gasteiger partial charge on any atom is 0.435 e. The molecular weight excluding hydrogens is 355 g/mol. The fraction of sp³-hybridized carbons (Fsp3) is 0.615. The Morgan fingerprint density at radius 3 is 2.42 bits per heavy atom. The first-order valence-electron chi connectivity index (χ1n) is 6.83. The fourth-order valence-corrected chi connectivity index (χ4v) is 2.00. The number of nitrogens with one attached hydrogen (secondary N) is 1. The number of carbonyl (C=O) groups excluding carboxylic acids is 1. The summed E-state index contributed by atoms with van der Waals surface area (Å²) in [7, 11) is 1.16. The summed E-state index contributed by atoms with van der Waals surface area (Å²) in [5.41, 5.74) is -2.52. The Hall–Kier alpha value is -1.81. The number of alkyl halides is 3. The number of aromatic nitrogens is 2. The van der Waals surface area contributed by atoms with Gasteiger partial charge in [0.2, 0.25) is 5.95 Å². The van der Waals surface area contributed by atoms with Crippen molar-refractivity contribution in [2.24, 2.45) is 0 Å². The van der Waals surface area contributed by atoms with Crippen molar-refractivity contribution in [2.45, 2.75) is 39.2 Å². The van der Waals surface area contributed by atoms with Gasteiger partial charge in [-0.2, -0.15) is 13.2 Å². The number of anilines is 1.